The van der Waals surface area contributed by atoms with Crippen LogP contribution in [0.1, 0.15) is 65.2 Å². The van der Waals surface area contributed by atoms with Crippen LogP contribution < -0.4 is 15.6 Å². The molecular formula is C24H35N2OP. The number of hydrogen-bond donors (Lipinski definition) is 2. The van der Waals surface area contributed by atoms with Gasteiger partial charge < -0.3 is 15.6 Å². The van der Waals surface area contributed by atoms with Crippen molar-refractivity contribution in [3.63, 3.8) is 0 Å². The van der Waals surface area contributed by atoms with Crippen molar-refractivity contribution in [2.75, 3.05) is 0 Å². The van der Waals surface area contributed by atoms with Gasteiger partial charge in [0.15, 0.2) is 0 Å². The SMILES string of the molecule is C/C=C1\C=C2CC(/C=C(\C)NPC(N)c3ccc(cc3)OC(C)(C)CC1C)C2. The number of benzene rings is 1. The van der Waals surface area contributed by atoms with Crippen molar-refractivity contribution in [3.05, 3.63) is 64.9 Å². The van der Waals surface area contributed by atoms with Gasteiger partial charge in [0.25, 0.3) is 0 Å². The lowest BCUT2D eigenvalue weighted by molar-refractivity contribution is 0.0878. The van der Waals surface area contributed by atoms with Gasteiger partial charge in [0.2, 0.25) is 0 Å². The molecule has 4 aliphatic heterocycles. The van der Waals surface area contributed by atoms with Crippen molar-refractivity contribution in [2.24, 2.45) is 17.6 Å². The quantitative estimate of drug-likeness (QED) is 0.511. The minimum absolute atomic E-state index is 0.00147. The summed E-state index contributed by atoms with van der Waals surface area (Å²) in [6.45, 7) is 11.0. The molecule has 4 heterocycles. The van der Waals surface area contributed by atoms with Gasteiger partial charge >= 0.3 is 0 Å². The summed E-state index contributed by atoms with van der Waals surface area (Å²) in [4.78, 5) is 0. The van der Waals surface area contributed by atoms with Crippen LogP contribution in [-0.2, 0) is 0 Å². The summed E-state index contributed by atoms with van der Waals surface area (Å²) in [7, 11) is 0.468. The van der Waals surface area contributed by atoms with Crippen molar-refractivity contribution in [1.29, 1.82) is 0 Å². The van der Waals surface area contributed by atoms with E-state index in [-0.39, 0.29) is 11.4 Å². The summed E-state index contributed by atoms with van der Waals surface area (Å²) in [5, 5.41) is 3.52. The van der Waals surface area contributed by atoms with Gasteiger partial charge in [-0.05, 0) is 90.8 Å². The molecule has 3 atom stereocenters. The molecule has 1 saturated carbocycles. The van der Waals surface area contributed by atoms with Crippen LogP contribution in [0.5, 0.6) is 5.75 Å². The maximum Gasteiger partial charge on any atom is 0.120 e. The van der Waals surface area contributed by atoms with Crippen LogP contribution in [0, 0.1) is 11.8 Å². The van der Waals surface area contributed by atoms with Crippen LogP contribution >= 0.6 is 8.73 Å². The monoisotopic (exact) mass is 398 g/mol. The zero-order valence-electron chi connectivity index (χ0n) is 17.9. The summed E-state index contributed by atoms with van der Waals surface area (Å²) >= 11 is 0. The van der Waals surface area contributed by atoms with Crippen LogP contribution in [0.2, 0.25) is 0 Å². The fourth-order valence-corrected chi connectivity index (χ4v) is 5.05. The molecule has 6 rings (SSSR count). The molecule has 28 heavy (non-hydrogen) atoms. The third-order valence-corrected chi connectivity index (χ3v) is 6.85. The Morgan fingerprint density at radius 1 is 1.21 bits per heavy atom. The van der Waals surface area contributed by atoms with Gasteiger partial charge in [-0.15, -0.1) is 0 Å². The Morgan fingerprint density at radius 2 is 1.89 bits per heavy atom. The van der Waals surface area contributed by atoms with Gasteiger partial charge in [-0.1, -0.05) is 42.9 Å². The molecule has 1 aliphatic carbocycles. The van der Waals surface area contributed by atoms with Crippen LogP contribution in [-0.4, -0.2) is 5.60 Å². The standard InChI is InChI=1S/C24H35N2OP/c1-6-20-14-19-12-18(13-19)11-17(3)26-28-23(25)21-7-9-22(10-8-21)27-24(4,5)15-16(20)2/h6-11,14,16,18,23,26,28H,12-13,15,25H2,1-5H3/b17-11+,19-14?,20-6+. The van der Waals surface area contributed by atoms with Gasteiger partial charge in [-0.25, -0.2) is 0 Å². The second-order valence-electron chi connectivity index (χ2n) is 8.89. The van der Waals surface area contributed by atoms with Crippen molar-refractivity contribution in [2.45, 2.75) is 65.3 Å². The highest BCUT2D eigenvalue weighted by Crippen LogP contribution is 2.38. The average molecular weight is 399 g/mol. The molecule has 3 unspecified atom stereocenters. The highest BCUT2D eigenvalue weighted by atomic mass is 31.1. The molecule has 5 aliphatic rings. The normalized spacial score (nSPS) is 32.2. The first kappa shape index (κ1) is 21.1. The molecule has 152 valence electrons. The topological polar surface area (TPSA) is 47.3 Å². The van der Waals surface area contributed by atoms with E-state index in [1.54, 1.807) is 5.57 Å². The molecule has 4 bridgehead atoms. The van der Waals surface area contributed by atoms with E-state index in [0.29, 0.717) is 20.6 Å². The first-order chi connectivity index (χ1) is 13.3. The summed E-state index contributed by atoms with van der Waals surface area (Å²) in [6, 6.07) is 8.28. The van der Waals surface area contributed by atoms with Crippen molar-refractivity contribution in [3.8, 4) is 5.75 Å². The van der Waals surface area contributed by atoms with E-state index in [1.807, 2.05) is 12.1 Å². The fourth-order valence-electron chi connectivity index (χ4n) is 4.22. The number of hydrogen-bond acceptors (Lipinski definition) is 3. The highest BCUT2D eigenvalue weighted by molar-refractivity contribution is 7.36. The van der Waals surface area contributed by atoms with Crippen LogP contribution in [0.3, 0.4) is 0 Å². The lowest BCUT2D eigenvalue weighted by atomic mass is 9.77. The molecule has 0 radical (unpaired) electrons. The van der Waals surface area contributed by atoms with Crippen molar-refractivity contribution < 1.29 is 4.74 Å². The Balaban J connectivity index is 1.85. The third kappa shape index (κ3) is 5.49. The molecule has 4 heteroatoms. The zero-order chi connectivity index (χ0) is 20.3. The van der Waals surface area contributed by atoms with Crippen molar-refractivity contribution in [1.82, 2.24) is 5.09 Å². The minimum atomic E-state index is -0.230. The summed E-state index contributed by atoms with van der Waals surface area (Å²) in [5.41, 5.74) is 11.5. The number of rotatable bonds is 0. The van der Waals surface area contributed by atoms with E-state index in [4.69, 9.17) is 10.5 Å². The van der Waals surface area contributed by atoms with Gasteiger partial charge in [-0.2, -0.15) is 0 Å². The molecule has 1 fully saturated rings. The smallest absolute Gasteiger partial charge is 0.120 e. The van der Waals surface area contributed by atoms with Crippen molar-refractivity contribution >= 4 is 8.73 Å². The van der Waals surface area contributed by atoms with Gasteiger partial charge in [0.1, 0.15) is 11.4 Å². The molecule has 1 aromatic carbocycles. The predicted molar refractivity (Wildman–Crippen MR) is 122 cm³/mol. The maximum absolute atomic E-state index is 6.39. The first-order valence-electron chi connectivity index (χ1n) is 10.4. The fraction of sp³-hybridized carbons (Fsp3) is 0.500. The van der Waals surface area contributed by atoms with E-state index < -0.39 is 0 Å². The van der Waals surface area contributed by atoms with Gasteiger partial charge in [0.05, 0.1) is 5.78 Å². The lowest BCUT2D eigenvalue weighted by Crippen LogP contribution is -2.31. The first-order valence-corrected chi connectivity index (χ1v) is 11.4. The number of nitrogens with two attached hydrogens (primary N) is 1. The minimum Gasteiger partial charge on any atom is -0.488 e. The molecule has 3 N–H and O–H groups in total. The largest absolute Gasteiger partial charge is 0.488 e. The Morgan fingerprint density at radius 3 is 2.54 bits per heavy atom. The second kappa shape index (κ2) is 8.84. The zero-order valence-corrected chi connectivity index (χ0v) is 18.9. The van der Waals surface area contributed by atoms with E-state index in [2.05, 4.69) is 70.1 Å². The maximum atomic E-state index is 6.39. The summed E-state index contributed by atoms with van der Waals surface area (Å²) in [5.74, 6) is 2.01. The van der Waals surface area contributed by atoms with E-state index in [0.717, 1.165) is 17.7 Å². The van der Waals surface area contributed by atoms with E-state index in [1.165, 1.54) is 24.1 Å². The number of ether oxygens (including phenoxy) is 1. The van der Waals surface area contributed by atoms with Crippen LogP contribution in [0.4, 0.5) is 0 Å². The lowest BCUT2D eigenvalue weighted by Gasteiger charge is -2.32. The van der Waals surface area contributed by atoms with E-state index in [9.17, 15) is 0 Å². The Bertz CT molecular complexity index is 768. The predicted octanol–water partition coefficient (Wildman–Crippen LogP) is 6.21. The second-order valence-corrected chi connectivity index (χ2v) is 10.1. The van der Waals surface area contributed by atoms with Gasteiger partial charge in [0, 0.05) is 5.70 Å². The summed E-state index contributed by atoms with van der Waals surface area (Å²) in [6.07, 6.45) is 10.4. The Kier molecular flexibility index (Phi) is 6.68. The highest BCUT2D eigenvalue weighted by Gasteiger charge is 2.26. The molecule has 0 saturated heterocycles. The molecule has 0 aromatic heterocycles. The van der Waals surface area contributed by atoms with Gasteiger partial charge in [-0.3, -0.25) is 0 Å². The average Bonchev–Trinajstić information content (AvgIpc) is 2.60. The molecule has 1 aromatic rings. The third-order valence-electron chi connectivity index (χ3n) is 5.66. The van der Waals surface area contributed by atoms with Crippen LogP contribution in [0.15, 0.2) is 59.3 Å². The number of nitrogens with one attached hydrogen (secondary N) is 1. The Hall–Kier alpha value is -1.57. The molecular weight excluding hydrogens is 363 g/mol. The molecule has 3 nitrogen and oxygen atoms in total. The number of allylic oxidation sites excluding steroid dienone is 6. The molecule has 0 amide bonds. The van der Waals surface area contributed by atoms with E-state index >= 15 is 0 Å². The summed E-state index contributed by atoms with van der Waals surface area (Å²) < 4.78 is 6.34. The Labute approximate surface area is 172 Å². The van der Waals surface area contributed by atoms with Crippen LogP contribution in [0.25, 0.3) is 0 Å². The molecule has 0 spiro atoms.